The zero-order chi connectivity index (χ0) is 17.5. The molecule has 1 aliphatic carbocycles. The largest absolute Gasteiger partial charge is 0.332 e. The summed E-state index contributed by atoms with van der Waals surface area (Å²) in [5.74, 6) is 1.82. The van der Waals surface area contributed by atoms with E-state index in [2.05, 4.69) is 28.5 Å². The summed E-state index contributed by atoms with van der Waals surface area (Å²) in [5, 5.41) is 12.5. The average molecular weight is 387 g/mol. The van der Waals surface area contributed by atoms with E-state index in [1.54, 1.807) is 0 Å². The molecule has 27 heavy (non-hydrogen) atoms. The topological polar surface area (TPSA) is 72.0 Å². The fraction of sp³-hybridized carbons (Fsp3) is 0.421. The number of likely N-dealkylation sites (N-methyl/N-ethyl adjacent to an activating group) is 1. The molecule has 1 saturated heterocycles. The van der Waals surface area contributed by atoms with Crippen molar-refractivity contribution in [1.82, 2.24) is 30.1 Å². The Morgan fingerprint density at radius 1 is 1.19 bits per heavy atom. The van der Waals surface area contributed by atoms with Crippen LogP contribution in [0.4, 0.5) is 0 Å². The second kappa shape index (κ2) is 7.42. The molecule has 7 nitrogen and oxygen atoms in total. The molecule has 1 aliphatic heterocycles. The van der Waals surface area contributed by atoms with Crippen molar-refractivity contribution in [2.45, 2.75) is 24.8 Å². The molecule has 0 bridgehead atoms. The fourth-order valence-corrected chi connectivity index (χ4v) is 3.46. The van der Waals surface area contributed by atoms with Gasteiger partial charge in [0.2, 0.25) is 0 Å². The molecule has 2 fully saturated rings. The minimum absolute atomic E-state index is 0. The third-order valence-electron chi connectivity index (χ3n) is 5.19. The van der Waals surface area contributed by atoms with E-state index in [0.29, 0.717) is 11.8 Å². The van der Waals surface area contributed by atoms with E-state index >= 15 is 0 Å². The molecule has 5 rings (SSSR count). The summed E-state index contributed by atoms with van der Waals surface area (Å²) in [6.45, 7) is 2.80. The summed E-state index contributed by atoms with van der Waals surface area (Å²) in [6.07, 6.45) is 2.41. The summed E-state index contributed by atoms with van der Waals surface area (Å²) in [5.41, 5.74) is 2.98. The fourth-order valence-electron chi connectivity index (χ4n) is 3.46. The van der Waals surface area contributed by atoms with Gasteiger partial charge in [-0.25, -0.2) is 4.68 Å². The second-order valence-electron chi connectivity index (χ2n) is 7.13. The monoisotopic (exact) mass is 386 g/mol. The highest BCUT2D eigenvalue weighted by molar-refractivity contribution is 5.85. The van der Waals surface area contributed by atoms with Crippen molar-refractivity contribution in [2.24, 2.45) is 0 Å². The molecule has 8 heteroatoms. The molecule has 1 aromatic carbocycles. The van der Waals surface area contributed by atoms with Gasteiger partial charge in [-0.05, 0) is 38.1 Å². The Morgan fingerprint density at radius 2 is 2.00 bits per heavy atom. The highest BCUT2D eigenvalue weighted by atomic mass is 35.5. The molecule has 2 aromatic heterocycles. The molecular formula is C19H23ClN6O. The van der Waals surface area contributed by atoms with Crippen LogP contribution in [0.3, 0.4) is 0 Å². The van der Waals surface area contributed by atoms with Crippen LogP contribution >= 0.6 is 12.4 Å². The Labute approximate surface area is 164 Å². The van der Waals surface area contributed by atoms with Gasteiger partial charge in [-0.1, -0.05) is 23.4 Å². The van der Waals surface area contributed by atoms with Crippen LogP contribution in [-0.4, -0.2) is 51.5 Å². The normalized spacial score (nSPS) is 20.4. The highest BCUT2D eigenvalue weighted by Gasteiger charge is 2.30. The zero-order valence-corrected chi connectivity index (χ0v) is 16.0. The third-order valence-corrected chi connectivity index (χ3v) is 5.19. The van der Waals surface area contributed by atoms with Crippen molar-refractivity contribution in [3.05, 3.63) is 47.9 Å². The first-order valence-electron chi connectivity index (χ1n) is 9.20. The second-order valence-corrected chi connectivity index (χ2v) is 7.13. The van der Waals surface area contributed by atoms with Gasteiger partial charge < -0.3 is 9.84 Å². The van der Waals surface area contributed by atoms with Crippen LogP contribution in [0.15, 0.2) is 40.9 Å². The van der Waals surface area contributed by atoms with Crippen LogP contribution in [0.2, 0.25) is 0 Å². The van der Waals surface area contributed by atoms with Gasteiger partial charge in [-0.15, -0.1) is 12.4 Å². The lowest BCUT2D eigenvalue weighted by Crippen LogP contribution is -2.44. The number of para-hydroxylation sites is 1. The Balaban J connectivity index is 0.00000180. The van der Waals surface area contributed by atoms with Crippen molar-refractivity contribution in [2.75, 3.05) is 26.7 Å². The SMILES string of the molecule is CN1CCNCC1c1noc(-c2cc(C3CC3)nn2-c2ccccc2)n1.Cl. The van der Waals surface area contributed by atoms with Gasteiger partial charge in [0.1, 0.15) is 5.69 Å². The first kappa shape index (κ1) is 18.2. The number of rotatable bonds is 4. The van der Waals surface area contributed by atoms with Crippen LogP contribution in [0.5, 0.6) is 0 Å². The lowest BCUT2D eigenvalue weighted by Gasteiger charge is -2.30. The molecule has 0 radical (unpaired) electrons. The van der Waals surface area contributed by atoms with E-state index in [0.717, 1.165) is 42.5 Å². The molecule has 1 atom stereocenters. The summed E-state index contributed by atoms with van der Waals surface area (Å²) >= 11 is 0. The summed E-state index contributed by atoms with van der Waals surface area (Å²) in [7, 11) is 2.10. The third kappa shape index (κ3) is 3.50. The standard InChI is InChI=1S/C19H22N6O.ClH/c1-24-10-9-20-12-17(24)18-21-19(26-23-18)16-11-15(13-7-8-13)22-25(16)14-5-3-2-4-6-14;/h2-6,11,13,17,20H,7-10,12H2,1H3;1H. The smallest absolute Gasteiger partial charge is 0.276 e. The van der Waals surface area contributed by atoms with Crippen molar-refractivity contribution in [1.29, 1.82) is 0 Å². The number of hydrogen-bond acceptors (Lipinski definition) is 6. The molecule has 1 saturated carbocycles. The average Bonchev–Trinajstić information content (AvgIpc) is 3.25. The number of hydrogen-bond donors (Lipinski definition) is 1. The molecule has 0 amide bonds. The maximum Gasteiger partial charge on any atom is 0.276 e. The van der Waals surface area contributed by atoms with E-state index in [9.17, 15) is 0 Å². The molecule has 1 N–H and O–H groups in total. The predicted molar refractivity (Wildman–Crippen MR) is 104 cm³/mol. The van der Waals surface area contributed by atoms with Crippen LogP contribution in [0, 0.1) is 0 Å². The van der Waals surface area contributed by atoms with E-state index in [-0.39, 0.29) is 18.4 Å². The lowest BCUT2D eigenvalue weighted by molar-refractivity contribution is 0.190. The van der Waals surface area contributed by atoms with Gasteiger partial charge in [-0.3, -0.25) is 4.90 Å². The highest BCUT2D eigenvalue weighted by Crippen LogP contribution is 2.41. The van der Waals surface area contributed by atoms with E-state index < -0.39 is 0 Å². The van der Waals surface area contributed by atoms with Crippen molar-refractivity contribution in [3.63, 3.8) is 0 Å². The van der Waals surface area contributed by atoms with Crippen LogP contribution in [0.1, 0.15) is 36.3 Å². The molecular weight excluding hydrogens is 364 g/mol. The number of nitrogens with zero attached hydrogens (tertiary/aromatic N) is 5. The van der Waals surface area contributed by atoms with Gasteiger partial charge in [0.05, 0.1) is 17.4 Å². The first-order chi connectivity index (χ1) is 12.8. The maximum atomic E-state index is 5.65. The quantitative estimate of drug-likeness (QED) is 0.743. The Kier molecular flexibility index (Phi) is 4.99. The Hall–Kier alpha value is -2.22. The van der Waals surface area contributed by atoms with Gasteiger partial charge in [0.25, 0.3) is 5.89 Å². The summed E-state index contributed by atoms with van der Waals surface area (Å²) in [6, 6.07) is 12.4. The molecule has 2 aliphatic rings. The molecule has 3 heterocycles. The number of halogens is 1. The maximum absolute atomic E-state index is 5.65. The summed E-state index contributed by atoms with van der Waals surface area (Å²) < 4.78 is 7.58. The molecule has 3 aromatic rings. The van der Waals surface area contributed by atoms with Gasteiger partial charge >= 0.3 is 0 Å². The Morgan fingerprint density at radius 3 is 2.74 bits per heavy atom. The number of benzene rings is 1. The molecule has 0 spiro atoms. The van der Waals surface area contributed by atoms with Crippen molar-refractivity contribution < 1.29 is 4.52 Å². The zero-order valence-electron chi connectivity index (χ0n) is 15.2. The number of piperazine rings is 1. The first-order valence-corrected chi connectivity index (χ1v) is 9.20. The molecule has 1 unspecified atom stereocenters. The van der Waals surface area contributed by atoms with Gasteiger partial charge in [0, 0.05) is 25.6 Å². The lowest BCUT2D eigenvalue weighted by atomic mass is 10.2. The number of aromatic nitrogens is 4. The van der Waals surface area contributed by atoms with Crippen LogP contribution in [-0.2, 0) is 0 Å². The van der Waals surface area contributed by atoms with E-state index in [1.165, 1.54) is 12.8 Å². The van der Waals surface area contributed by atoms with Crippen molar-refractivity contribution in [3.8, 4) is 17.3 Å². The van der Waals surface area contributed by atoms with E-state index in [4.69, 9.17) is 14.6 Å². The minimum atomic E-state index is 0. The summed E-state index contributed by atoms with van der Waals surface area (Å²) in [4.78, 5) is 6.97. The minimum Gasteiger partial charge on any atom is -0.332 e. The molecule has 142 valence electrons. The van der Waals surface area contributed by atoms with Gasteiger partial charge in [-0.2, -0.15) is 10.1 Å². The van der Waals surface area contributed by atoms with Gasteiger partial charge in [0.15, 0.2) is 5.82 Å². The van der Waals surface area contributed by atoms with Crippen LogP contribution in [0.25, 0.3) is 17.3 Å². The van der Waals surface area contributed by atoms with Crippen molar-refractivity contribution >= 4 is 12.4 Å². The van der Waals surface area contributed by atoms with Crippen LogP contribution < -0.4 is 5.32 Å². The van der Waals surface area contributed by atoms with E-state index in [1.807, 2.05) is 35.0 Å². The Bertz CT molecular complexity index is 904. The number of nitrogens with one attached hydrogen (secondary N) is 1. The predicted octanol–water partition coefficient (Wildman–Crippen LogP) is 2.80.